The lowest BCUT2D eigenvalue weighted by Crippen LogP contribution is -2.52. The Morgan fingerprint density at radius 2 is 1.69 bits per heavy atom. The smallest absolute Gasteiger partial charge is 0.199 e. The second kappa shape index (κ2) is 10.3. The van der Waals surface area contributed by atoms with Crippen molar-refractivity contribution in [1.29, 1.82) is 0 Å². The molecule has 184 valence electrons. The van der Waals surface area contributed by atoms with Crippen molar-refractivity contribution >= 4 is 52.8 Å². The van der Waals surface area contributed by atoms with E-state index in [-0.39, 0.29) is 0 Å². The van der Waals surface area contributed by atoms with Gasteiger partial charge in [-0.3, -0.25) is 0 Å². The van der Waals surface area contributed by atoms with Crippen molar-refractivity contribution < 1.29 is 14.0 Å². The average Bonchev–Trinajstić information content (AvgIpc) is 2.87. The molecule has 2 aromatic rings. The molecule has 6 heteroatoms. The van der Waals surface area contributed by atoms with E-state index in [9.17, 15) is 0 Å². The molecule has 4 nitrogen and oxygen atoms in total. The number of methoxy groups -OCH3 is 2. The molecule has 0 fully saturated rings. The predicted molar refractivity (Wildman–Crippen MR) is 160 cm³/mol. The SMILES string of the molecule is COc1cccc(OC)c1C1=C2C=CC(=[N+](C)C)C=C2[Si](C)(CCCI)c2cc(N(C)C)ccc21. The number of benzene rings is 2. The van der Waals surface area contributed by atoms with Gasteiger partial charge in [0.1, 0.15) is 33.7 Å². The van der Waals surface area contributed by atoms with E-state index >= 15 is 0 Å². The van der Waals surface area contributed by atoms with Gasteiger partial charge < -0.3 is 14.4 Å². The maximum atomic E-state index is 5.90. The van der Waals surface area contributed by atoms with Crippen LogP contribution in [0, 0.1) is 0 Å². The van der Waals surface area contributed by atoms with Gasteiger partial charge in [0.05, 0.1) is 19.8 Å². The standard InChI is InChI=1S/C29H36IN2O2Si/c1-31(2)20-12-14-22-26(18-20)35(7,17-9-16-30)27-19-21(32(3)4)13-15-23(27)28(22)29-24(33-5)10-8-11-25(29)34-6/h8,10-15,18-19H,9,16-17H2,1-7H3/q+1. The Morgan fingerprint density at radius 1 is 1.00 bits per heavy atom. The number of halogens is 1. The monoisotopic (exact) mass is 599 g/mol. The second-order valence-corrected chi connectivity index (χ2v) is 15.1. The van der Waals surface area contributed by atoms with Gasteiger partial charge in [0.2, 0.25) is 0 Å². The zero-order valence-electron chi connectivity index (χ0n) is 21.9. The highest BCUT2D eigenvalue weighted by molar-refractivity contribution is 14.1. The Morgan fingerprint density at radius 3 is 2.26 bits per heavy atom. The third-order valence-electron chi connectivity index (χ3n) is 7.25. The van der Waals surface area contributed by atoms with Crippen LogP contribution in [0.15, 0.2) is 65.4 Å². The van der Waals surface area contributed by atoms with Gasteiger partial charge in [0.15, 0.2) is 5.71 Å². The third kappa shape index (κ3) is 4.51. The van der Waals surface area contributed by atoms with Gasteiger partial charge in [0, 0.05) is 37.5 Å². The molecular formula is C29H36IN2O2Si+. The number of fused-ring (bicyclic) bond motifs is 2. The Labute approximate surface area is 224 Å². The van der Waals surface area contributed by atoms with Crippen molar-refractivity contribution in [2.45, 2.75) is 19.0 Å². The van der Waals surface area contributed by atoms with E-state index < -0.39 is 8.07 Å². The minimum Gasteiger partial charge on any atom is -0.496 e. The van der Waals surface area contributed by atoms with E-state index in [4.69, 9.17) is 9.47 Å². The molecule has 1 aliphatic carbocycles. The molecule has 35 heavy (non-hydrogen) atoms. The fourth-order valence-corrected chi connectivity index (χ4v) is 10.7. The summed E-state index contributed by atoms with van der Waals surface area (Å²) < 4.78 is 15.2. The van der Waals surface area contributed by atoms with Crippen LogP contribution >= 0.6 is 22.6 Å². The number of nitrogens with zero attached hydrogens (tertiary/aromatic N) is 2. The Balaban J connectivity index is 2.16. The molecule has 1 atom stereocenters. The lowest BCUT2D eigenvalue weighted by Gasteiger charge is -2.41. The van der Waals surface area contributed by atoms with Crippen LogP contribution in [0.2, 0.25) is 12.6 Å². The minimum absolute atomic E-state index is 0.835. The van der Waals surface area contributed by atoms with Crippen LogP contribution in [0.1, 0.15) is 17.5 Å². The van der Waals surface area contributed by atoms with Gasteiger partial charge in [-0.05, 0) is 68.8 Å². The van der Waals surface area contributed by atoms with Crippen molar-refractivity contribution in [1.82, 2.24) is 0 Å². The van der Waals surface area contributed by atoms with Gasteiger partial charge >= 0.3 is 0 Å². The first-order valence-electron chi connectivity index (χ1n) is 12.1. The highest BCUT2D eigenvalue weighted by Gasteiger charge is 2.44. The topological polar surface area (TPSA) is 24.7 Å². The molecule has 2 aliphatic rings. The number of anilines is 1. The maximum absolute atomic E-state index is 5.90. The fraction of sp³-hybridized carbons (Fsp3) is 0.345. The van der Waals surface area contributed by atoms with Crippen LogP contribution in [0.5, 0.6) is 11.5 Å². The molecular weight excluding hydrogens is 563 g/mol. The molecule has 0 aromatic heterocycles. The number of hydrogen-bond donors (Lipinski definition) is 0. The van der Waals surface area contributed by atoms with E-state index in [0.29, 0.717) is 0 Å². The van der Waals surface area contributed by atoms with Crippen LogP contribution in [-0.2, 0) is 0 Å². The van der Waals surface area contributed by atoms with Crippen molar-refractivity contribution in [3.05, 3.63) is 76.5 Å². The first kappa shape index (κ1) is 25.8. The van der Waals surface area contributed by atoms with E-state index in [1.165, 1.54) is 55.4 Å². The van der Waals surface area contributed by atoms with Crippen molar-refractivity contribution in [2.24, 2.45) is 0 Å². The number of ether oxygens (including phenoxy) is 2. The van der Waals surface area contributed by atoms with Gasteiger partial charge in [-0.2, -0.15) is 0 Å². The molecule has 1 unspecified atom stereocenters. The van der Waals surface area contributed by atoms with Gasteiger partial charge in [-0.15, -0.1) is 0 Å². The molecule has 2 aromatic carbocycles. The zero-order chi connectivity index (χ0) is 25.3. The van der Waals surface area contributed by atoms with Crippen molar-refractivity contribution in [3.63, 3.8) is 0 Å². The van der Waals surface area contributed by atoms with E-state index in [0.717, 1.165) is 17.1 Å². The highest BCUT2D eigenvalue weighted by atomic mass is 127. The van der Waals surface area contributed by atoms with E-state index in [2.05, 4.69) is 103 Å². The summed E-state index contributed by atoms with van der Waals surface area (Å²) in [6.07, 6.45) is 8.23. The molecule has 0 saturated heterocycles. The first-order chi connectivity index (χ1) is 16.8. The molecule has 1 heterocycles. The summed E-state index contributed by atoms with van der Waals surface area (Å²) in [7, 11) is 9.94. The van der Waals surface area contributed by atoms with Crippen LogP contribution in [0.4, 0.5) is 5.69 Å². The zero-order valence-corrected chi connectivity index (χ0v) is 25.1. The Bertz CT molecular complexity index is 1250. The van der Waals surface area contributed by atoms with Crippen LogP contribution < -0.4 is 19.6 Å². The van der Waals surface area contributed by atoms with Gasteiger partial charge in [-0.1, -0.05) is 41.3 Å². The Hall–Kier alpha value is -2.32. The lowest BCUT2D eigenvalue weighted by molar-refractivity contribution is -0.462. The summed E-state index contributed by atoms with van der Waals surface area (Å²) in [5.74, 6) is 1.67. The van der Waals surface area contributed by atoms with Crippen LogP contribution in [0.3, 0.4) is 0 Å². The van der Waals surface area contributed by atoms with Crippen LogP contribution in [-0.4, -0.2) is 65.2 Å². The van der Waals surface area contributed by atoms with Crippen molar-refractivity contribution in [2.75, 3.05) is 51.7 Å². The maximum Gasteiger partial charge on any atom is 0.199 e. The number of rotatable bonds is 7. The quantitative estimate of drug-likeness (QED) is 0.183. The normalized spacial score (nSPS) is 18.6. The van der Waals surface area contributed by atoms with Gasteiger partial charge in [-0.25, -0.2) is 4.58 Å². The minimum atomic E-state index is -2.04. The summed E-state index contributed by atoms with van der Waals surface area (Å²) in [6.45, 7) is 2.56. The molecule has 0 amide bonds. The van der Waals surface area contributed by atoms with E-state index in [1.54, 1.807) is 14.2 Å². The van der Waals surface area contributed by atoms with Crippen LogP contribution in [0.25, 0.3) is 5.57 Å². The highest BCUT2D eigenvalue weighted by Crippen LogP contribution is 2.48. The number of hydrogen-bond acceptors (Lipinski definition) is 3. The van der Waals surface area contributed by atoms with Gasteiger partial charge in [0.25, 0.3) is 0 Å². The number of alkyl halides is 1. The number of allylic oxidation sites excluding steroid dienone is 5. The molecule has 1 aliphatic heterocycles. The molecule has 0 radical (unpaired) electrons. The third-order valence-corrected chi connectivity index (χ3v) is 12.6. The summed E-state index contributed by atoms with van der Waals surface area (Å²) in [5, 5.41) is 3.00. The molecule has 0 N–H and O–H groups in total. The largest absolute Gasteiger partial charge is 0.496 e. The first-order valence-corrected chi connectivity index (χ1v) is 16.3. The summed E-state index contributed by atoms with van der Waals surface area (Å²) >= 11 is 2.52. The Kier molecular flexibility index (Phi) is 7.62. The van der Waals surface area contributed by atoms with Crippen molar-refractivity contribution in [3.8, 4) is 11.5 Å². The molecule has 4 rings (SSSR count). The second-order valence-electron chi connectivity index (χ2n) is 9.79. The predicted octanol–water partition coefficient (Wildman–Crippen LogP) is 5.44. The molecule has 0 saturated carbocycles. The molecule has 0 bridgehead atoms. The summed E-state index contributed by atoms with van der Waals surface area (Å²) in [6, 6.07) is 14.3. The lowest BCUT2D eigenvalue weighted by atomic mass is 9.88. The summed E-state index contributed by atoms with van der Waals surface area (Å²) in [4.78, 5) is 2.21. The molecule has 0 spiro atoms. The summed E-state index contributed by atoms with van der Waals surface area (Å²) in [5.41, 5.74) is 7.35. The fourth-order valence-electron chi connectivity index (χ4n) is 5.32. The average molecular weight is 600 g/mol. The van der Waals surface area contributed by atoms with E-state index in [1.807, 2.05) is 18.2 Å².